The van der Waals surface area contributed by atoms with Crippen LogP contribution in [-0.2, 0) is 13.5 Å². The van der Waals surface area contributed by atoms with Gasteiger partial charge >= 0.3 is 0 Å². The molecule has 1 unspecified atom stereocenters. The normalized spacial score (nSPS) is 12.6. The van der Waals surface area contributed by atoms with E-state index >= 15 is 0 Å². The minimum absolute atomic E-state index is 0.0664. The van der Waals surface area contributed by atoms with Crippen LogP contribution in [0.2, 0.25) is 0 Å². The Morgan fingerprint density at radius 2 is 2.12 bits per heavy atom. The summed E-state index contributed by atoms with van der Waals surface area (Å²) < 4.78 is 1.80. The summed E-state index contributed by atoms with van der Waals surface area (Å²) in [7, 11) is 1.91. The molecule has 1 atom stereocenters. The van der Waals surface area contributed by atoms with Crippen molar-refractivity contribution in [2.24, 2.45) is 12.8 Å². The van der Waals surface area contributed by atoms with Gasteiger partial charge in [0, 0.05) is 25.5 Å². The van der Waals surface area contributed by atoms with Gasteiger partial charge in [0.2, 0.25) is 0 Å². The molecule has 17 heavy (non-hydrogen) atoms. The molecule has 0 aliphatic heterocycles. The lowest BCUT2D eigenvalue weighted by Crippen LogP contribution is -2.13. The molecule has 0 radical (unpaired) electrons. The average molecular weight is 231 g/mol. The second-order valence-electron chi connectivity index (χ2n) is 4.25. The molecule has 0 fully saturated rings. The van der Waals surface area contributed by atoms with Gasteiger partial charge in [-0.15, -0.1) is 0 Å². The zero-order chi connectivity index (χ0) is 12.3. The van der Waals surface area contributed by atoms with Crippen molar-refractivity contribution in [2.45, 2.75) is 25.8 Å². The third-order valence-electron chi connectivity index (χ3n) is 2.68. The first kappa shape index (κ1) is 11.7. The third kappa shape index (κ3) is 3.10. The van der Waals surface area contributed by atoms with Crippen molar-refractivity contribution < 1.29 is 0 Å². The summed E-state index contributed by atoms with van der Waals surface area (Å²) in [6.07, 6.45) is 9.14. The highest BCUT2D eigenvalue weighted by Gasteiger charge is 2.08. The van der Waals surface area contributed by atoms with Gasteiger partial charge in [0.15, 0.2) is 0 Å². The quantitative estimate of drug-likeness (QED) is 0.857. The van der Waals surface area contributed by atoms with Crippen molar-refractivity contribution in [1.82, 2.24) is 19.7 Å². The van der Waals surface area contributed by atoms with Gasteiger partial charge in [-0.3, -0.25) is 14.6 Å². The Hall–Kier alpha value is -1.75. The highest BCUT2D eigenvalue weighted by Crippen LogP contribution is 2.13. The third-order valence-corrected chi connectivity index (χ3v) is 2.68. The fourth-order valence-corrected chi connectivity index (χ4v) is 1.67. The van der Waals surface area contributed by atoms with Crippen LogP contribution >= 0.6 is 0 Å². The SMILES string of the molecule is Cc1cnc(C(N)CCc2cnn(C)c2)cn1. The molecule has 2 N–H and O–H groups in total. The van der Waals surface area contributed by atoms with Crippen LogP contribution in [0.1, 0.15) is 29.4 Å². The Morgan fingerprint density at radius 1 is 1.29 bits per heavy atom. The molecule has 0 bridgehead atoms. The van der Waals surface area contributed by atoms with Gasteiger partial charge < -0.3 is 5.73 Å². The largest absolute Gasteiger partial charge is 0.323 e. The Balaban J connectivity index is 1.93. The molecule has 0 spiro atoms. The lowest BCUT2D eigenvalue weighted by Gasteiger charge is -2.09. The number of aryl methyl sites for hydroxylation is 3. The van der Waals surface area contributed by atoms with Crippen LogP contribution < -0.4 is 5.73 Å². The topological polar surface area (TPSA) is 69.6 Å². The van der Waals surface area contributed by atoms with E-state index in [1.807, 2.05) is 26.4 Å². The zero-order valence-corrected chi connectivity index (χ0v) is 10.2. The molecule has 0 amide bonds. The van der Waals surface area contributed by atoms with E-state index in [1.165, 1.54) is 5.56 Å². The van der Waals surface area contributed by atoms with Crippen LogP contribution in [0.15, 0.2) is 24.8 Å². The van der Waals surface area contributed by atoms with Crippen molar-refractivity contribution in [3.8, 4) is 0 Å². The molecular weight excluding hydrogens is 214 g/mol. The lowest BCUT2D eigenvalue weighted by molar-refractivity contribution is 0.628. The van der Waals surface area contributed by atoms with E-state index < -0.39 is 0 Å². The Morgan fingerprint density at radius 3 is 2.71 bits per heavy atom. The number of nitrogens with two attached hydrogens (primary N) is 1. The van der Waals surface area contributed by atoms with Gasteiger partial charge in [-0.25, -0.2) is 0 Å². The van der Waals surface area contributed by atoms with E-state index in [0.29, 0.717) is 0 Å². The Bertz CT molecular complexity index is 474. The number of hydrogen-bond donors (Lipinski definition) is 1. The molecule has 2 rings (SSSR count). The average Bonchev–Trinajstić information content (AvgIpc) is 2.73. The van der Waals surface area contributed by atoms with E-state index in [9.17, 15) is 0 Å². The number of rotatable bonds is 4. The molecule has 0 saturated heterocycles. The molecule has 0 aliphatic rings. The van der Waals surface area contributed by atoms with Crippen LogP contribution in [0.5, 0.6) is 0 Å². The molecule has 0 aliphatic carbocycles. The summed E-state index contributed by atoms with van der Waals surface area (Å²) >= 11 is 0. The summed E-state index contributed by atoms with van der Waals surface area (Å²) in [5.74, 6) is 0. The minimum atomic E-state index is -0.0664. The number of hydrogen-bond acceptors (Lipinski definition) is 4. The van der Waals surface area contributed by atoms with Gasteiger partial charge in [0.05, 0.1) is 23.8 Å². The first-order valence-electron chi connectivity index (χ1n) is 5.67. The van der Waals surface area contributed by atoms with E-state index in [-0.39, 0.29) is 6.04 Å². The smallest absolute Gasteiger partial charge is 0.0754 e. The highest BCUT2D eigenvalue weighted by molar-refractivity contribution is 5.08. The Labute approximate surface area is 101 Å². The molecule has 0 saturated carbocycles. The second-order valence-corrected chi connectivity index (χ2v) is 4.25. The standard InChI is InChI=1S/C12H17N5/c1-9-5-15-12(7-14-9)11(13)4-3-10-6-16-17(2)8-10/h5-8,11H,3-4,13H2,1-2H3. The molecule has 5 nitrogen and oxygen atoms in total. The maximum absolute atomic E-state index is 6.07. The van der Waals surface area contributed by atoms with Gasteiger partial charge in [0.25, 0.3) is 0 Å². The van der Waals surface area contributed by atoms with Crippen LogP contribution in [-0.4, -0.2) is 19.7 Å². The number of aromatic nitrogens is 4. The molecule has 0 aromatic carbocycles. The molecule has 2 aromatic heterocycles. The summed E-state index contributed by atoms with van der Waals surface area (Å²) in [5.41, 5.74) is 9.02. The van der Waals surface area contributed by atoms with Crippen LogP contribution in [0, 0.1) is 6.92 Å². The van der Waals surface area contributed by atoms with E-state index in [0.717, 1.165) is 24.2 Å². The fraction of sp³-hybridized carbons (Fsp3) is 0.417. The molecular formula is C12H17N5. The summed E-state index contributed by atoms with van der Waals surface area (Å²) in [6.45, 7) is 1.91. The van der Waals surface area contributed by atoms with E-state index in [2.05, 4.69) is 15.1 Å². The summed E-state index contributed by atoms with van der Waals surface area (Å²) in [5, 5.41) is 4.13. The van der Waals surface area contributed by atoms with Crippen molar-refractivity contribution in [3.05, 3.63) is 41.7 Å². The van der Waals surface area contributed by atoms with E-state index in [4.69, 9.17) is 5.73 Å². The number of nitrogens with zero attached hydrogens (tertiary/aromatic N) is 4. The molecule has 5 heteroatoms. The van der Waals surface area contributed by atoms with Gasteiger partial charge in [-0.1, -0.05) is 0 Å². The predicted octanol–water partition coefficient (Wildman–Crippen LogP) is 1.15. The van der Waals surface area contributed by atoms with Crippen LogP contribution in [0.3, 0.4) is 0 Å². The first-order chi connectivity index (χ1) is 8.15. The lowest BCUT2D eigenvalue weighted by atomic mass is 10.1. The van der Waals surface area contributed by atoms with Crippen molar-refractivity contribution >= 4 is 0 Å². The van der Waals surface area contributed by atoms with Gasteiger partial charge in [0.1, 0.15) is 0 Å². The summed E-state index contributed by atoms with van der Waals surface area (Å²) in [4.78, 5) is 8.49. The minimum Gasteiger partial charge on any atom is -0.323 e. The maximum Gasteiger partial charge on any atom is 0.0754 e. The zero-order valence-electron chi connectivity index (χ0n) is 10.2. The predicted molar refractivity (Wildman–Crippen MR) is 65.2 cm³/mol. The first-order valence-corrected chi connectivity index (χ1v) is 5.67. The van der Waals surface area contributed by atoms with E-state index in [1.54, 1.807) is 17.1 Å². The highest BCUT2D eigenvalue weighted by atomic mass is 15.2. The second kappa shape index (κ2) is 5.05. The van der Waals surface area contributed by atoms with Crippen LogP contribution in [0.25, 0.3) is 0 Å². The molecule has 2 heterocycles. The molecule has 90 valence electrons. The summed E-state index contributed by atoms with van der Waals surface area (Å²) in [6, 6.07) is -0.0664. The Kier molecular flexibility index (Phi) is 3.49. The maximum atomic E-state index is 6.07. The van der Waals surface area contributed by atoms with Crippen molar-refractivity contribution in [3.63, 3.8) is 0 Å². The van der Waals surface area contributed by atoms with Crippen LogP contribution in [0.4, 0.5) is 0 Å². The fourth-order valence-electron chi connectivity index (χ4n) is 1.67. The molecule has 2 aromatic rings. The van der Waals surface area contributed by atoms with Gasteiger partial charge in [-0.05, 0) is 25.3 Å². The van der Waals surface area contributed by atoms with Gasteiger partial charge in [-0.2, -0.15) is 5.10 Å². The van der Waals surface area contributed by atoms with Crippen molar-refractivity contribution in [2.75, 3.05) is 0 Å². The monoisotopic (exact) mass is 231 g/mol. The van der Waals surface area contributed by atoms with Crippen molar-refractivity contribution in [1.29, 1.82) is 0 Å².